The van der Waals surface area contributed by atoms with Crippen LogP contribution in [0.3, 0.4) is 0 Å². The lowest BCUT2D eigenvalue weighted by atomic mass is 10.7. The highest BCUT2D eigenvalue weighted by molar-refractivity contribution is 9.10. The third-order valence-electron chi connectivity index (χ3n) is 0.720. The van der Waals surface area contributed by atoms with Gasteiger partial charge in [-0.2, -0.15) is 13.2 Å². The van der Waals surface area contributed by atoms with E-state index in [0.717, 1.165) is 6.20 Å². The fraction of sp³-hybridized carbons (Fsp3) is 0.250. The number of halogens is 4. The first-order chi connectivity index (χ1) is 4.50. The first kappa shape index (κ1) is 7.59. The van der Waals surface area contributed by atoms with E-state index in [1.54, 1.807) is 0 Å². The van der Waals surface area contributed by atoms with E-state index in [0.29, 0.717) is 0 Å². The van der Waals surface area contributed by atoms with Crippen molar-refractivity contribution < 1.29 is 17.6 Å². The summed E-state index contributed by atoms with van der Waals surface area (Å²) in [5.41, 5.74) is 0. The van der Waals surface area contributed by atoms with Gasteiger partial charge in [-0.1, -0.05) is 0 Å². The molecule has 0 spiro atoms. The lowest BCUT2D eigenvalue weighted by Gasteiger charge is -1.97. The molecule has 6 heteroatoms. The molecule has 0 amide bonds. The summed E-state index contributed by atoms with van der Waals surface area (Å²) in [6.07, 6.45) is -3.55. The Balaban J connectivity index is 2.96. The van der Waals surface area contributed by atoms with Crippen molar-refractivity contribution >= 4 is 15.9 Å². The summed E-state index contributed by atoms with van der Waals surface area (Å²) in [7, 11) is 0. The number of oxazole rings is 1. The predicted molar refractivity (Wildman–Crippen MR) is 29.2 cm³/mol. The summed E-state index contributed by atoms with van der Waals surface area (Å²) >= 11 is 2.70. The Morgan fingerprint density at radius 2 is 2.10 bits per heavy atom. The topological polar surface area (TPSA) is 26.0 Å². The van der Waals surface area contributed by atoms with Crippen LogP contribution >= 0.6 is 15.9 Å². The maximum Gasteiger partial charge on any atom is 0.468 e. The molecule has 0 aliphatic carbocycles. The number of alkyl halides is 3. The normalized spacial score (nSPS) is 12.0. The third kappa shape index (κ3) is 1.50. The smallest absolute Gasteiger partial charge is 0.426 e. The van der Waals surface area contributed by atoms with Crippen LogP contribution in [-0.4, -0.2) is 4.98 Å². The molecule has 0 bridgehead atoms. The number of rotatable bonds is 0. The minimum atomic E-state index is -4.49. The SMILES string of the molecule is FC(F)(F)c1ncc(Br)o1. The largest absolute Gasteiger partial charge is 0.468 e. The van der Waals surface area contributed by atoms with Gasteiger partial charge in [-0.3, -0.25) is 0 Å². The second kappa shape index (κ2) is 2.26. The Bertz CT molecular complexity index is 231. The summed E-state index contributed by atoms with van der Waals surface area (Å²) in [6, 6.07) is 0. The van der Waals surface area contributed by atoms with Crippen LogP contribution in [0, 0.1) is 0 Å². The lowest BCUT2D eigenvalue weighted by Crippen LogP contribution is -2.04. The molecule has 0 saturated heterocycles. The molecule has 10 heavy (non-hydrogen) atoms. The van der Waals surface area contributed by atoms with E-state index in [1.807, 2.05) is 0 Å². The average molecular weight is 216 g/mol. The minimum Gasteiger partial charge on any atom is -0.426 e. The van der Waals surface area contributed by atoms with Gasteiger partial charge in [0.2, 0.25) is 0 Å². The van der Waals surface area contributed by atoms with Crippen molar-refractivity contribution in [1.82, 2.24) is 4.98 Å². The minimum absolute atomic E-state index is 0.0279. The Labute approximate surface area is 62.2 Å². The molecule has 1 aromatic rings. The molecule has 0 aromatic carbocycles. The van der Waals surface area contributed by atoms with Crippen molar-refractivity contribution in [3.05, 3.63) is 16.8 Å². The maximum absolute atomic E-state index is 11.6. The molecule has 1 heterocycles. The van der Waals surface area contributed by atoms with Gasteiger partial charge in [0, 0.05) is 0 Å². The van der Waals surface area contributed by atoms with Crippen LogP contribution in [0.25, 0.3) is 0 Å². The van der Waals surface area contributed by atoms with Crippen LogP contribution in [0.1, 0.15) is 5.89 Å². The van der Waals surface area contributed by atoms with E-state index in [-0.39, 0.29) is 4.67 Å². The van der Waals surface area contributed by atoms with Crippen molar-refractivity contribution in [3.63, 3.8) is 0 Å². The van der Waals surface area contributed by atoms with Crippen LogP contribution in [0.4, 0.5) is 13.2 Å². The Kier molecular flexibility index (Phi) is 1.72. The van der Waals surface area contributed by atoms with E-state index in [2.05, 4.69) is 25.3 Å². The molecule has 0 N–H and O–H groups in total. The molecule has 2 nitrogen and oxygen atoms in total. The molecule has 0 saturated carbocycles. The molecule has 0 atom stereocenters. The molecule has 0 unspecified atom stereocenters. The summed E-state index contributed by atoms with van der Waals surface area (Å²) in [6.45, 7) is 0. The lowest BCUT2D eigenvalue weighted by molar-refractivity contribution is -0.157. The van der Waals surface area contributed by atoms with Gasteiger partial charge in [0.1, 0.15) is 0 Å². The number of aromatic nitrogens is 1. The van der Waals surface area contributed by atoms with Crippen molar-refractivity contribution in [2.24, 2.45) is 0 Å². The van der Waals surface area contributed by atoms with Gasteiger partial charge in [-0.25, -0.2) is 4.98 Å². The van der Waals surface area contributed by atoms with E-state index in [1.165, 1.54) is 0 Å². The number of nitrogens with zero attached hydrogens (tertiary/aromatic N) is 1. The van der Waals surface area contributed by atoms with Gasteiger partial charge in [0.05, 0.1) is 6.20 Å². The monoisotopic (exact) mass is 215 g/mol. The molecule has 0 aliphatic rings. The third-order valence-corrected chi connectivity index (χ3v) is 1.09. The summed E-state index contributed by atoms with van der Waals surface area (Å²) in [5.74, 6) is -1.24. The van der Waals surface area contributed by atoms with Gasteiger partial charge in [0.15, 0.2) is 4.67 Å². The summed E-state index contributed by atoms with van der Waals surface area (Å²) < 4.78 is 39.0. The van der Waals surface area contributed by atoms with Gasteiger partial charge >= 0.3 is 12.1 Å². The van der Waals surface area contributed by atoms with E-state index >= 15 is 0 Å². The van der Waals surface area contributed by atoms with Gasteiger partial charge in [-0.05, 0) is 15.9 Å². The van der Waals surface area contributed by atoms with Gasteiger partial charge < -0.3 is 4.42 Å². The van der Waals surface area contributed by atoms with E-state index < -0.39 is 12.1 Å². The van der Waals surface area contributed by atoms with E-state index in [4.69, 9.17) is 0 Å². The van der Waals surface area contributed by atoms with Crippen molar-refractivity contribution in [2.45, 2.75) is 6.18 Å². The molecular weight excluding hydrogens is 215 g/mol. The molecular formula is C4HBrF3NO. The highest BCUT2D eigenvalue weighted by Crippen LogP contribution is 2.29. The van der Waals surface area contributed by atoms with Crippen LogP contribution in [0.15, 0.2) is 15.3 Å². The molecule has 1 rings (SSSR count). The first-order valence-corrected chi connectivity index (χ1v) is 2.98. The van der Waals surface area contributed by atoms with Crippen molar-refractivity contribution in [2.75, 3.05) is 0 Å². The Morgan fingerprint density at radius 3 is 2.30 bits per heavy atom. The highest BCUT2D eigenvalue weighted by atomic mass is 79.9. The van der Waals surface area contributed by atoms with E-state index in [9.17, 15) is 13.2 Å². The van der Waals surface area contributed by atoms with Gasteiger partial charge in [-0.15, -0.1) is 0 Å². The van der Waals surface area contributed by atoms with Crippen LogP contribution in [0.5, 0.6) is 0 Å². The summed E-state index contributed by atoms with van der Waals surface area (Å²) in [5, 5.41) is 0. The quantitative estimate of drug-likeness (QED) is 0.665. The zero-order valence-corrected chi connectivity index (χ0v) is 6.03. The fourth-order valence-corrected chi connectivity index (χ4v) is 0.641. The van der Waals surface area contributed by atoms with Crippen molar-refractivity contribution in [3.8, 4) is 0 Å². The second-order valence-corrected chi connectivity index (χ2v) is 2.25. The van der Waals surface area contributed by atoms with Crippen molar-refractivity contribution in [1.29, 1.82) is 0 Å². The zero-order valence-electron chi connectivity index (χ0n) is 4.44. The zero-order chi connectivity index (χ0) is 7.78. The predicted octanol–water partition coefficient (Wildman–Crippen LogP) is 2.46. The number of hydrogen-bond acceptors (Lipinski definition) is 2. The Morgan fingerprint density at radius 1 is 1.50 bits per heavy atom. The van der Waals surface area contributed by atoms with Crippen LogP contribution < -0.4 is 0 Å². The Hall–Kier alpha value is -0.520. The fourth-order valence-electron chi connectivity index (χ4n) is 0.385. The standard InChI is InChI=1S/C4HBrF3NO/c5-2-1-9-3(10-2)4(6,7)8/h1H. The average Bonchev–Trinajstić information content (AvgIpc) is 2.11. The first-order valence-electron chi connectivity index (χ1n) is 2.18. The van der Waals surface area contributed by atoms with Crippen LogP contribution in [-0.2, 0) is 6.18 Å². The second-order valence-electron chi connectivity index (χ2n) is 1.47. The highest BCUT2D eigenvalue weighted by Gasteiger charge is 2.36. The number of hydrogen-bond donors (Lipinski definition) is 0. The molecule has 0 radical (unpaired) electrons. The maximum atomic E-state index is 11.6. The van der Waals surface area contributed by atoms with Gasteiger partial charge in [0.25, 0.3) is 0 Å². The molecule has 56 valence electrons. The summed E-state index contributed by atoms with van der Waals surface area (Å²) in [4.78, 5) is 2.95. The molecule has 1 aromatic heterocycles. The molecule has 0 aliphatic heterocycles. The molecule has 0 fully saturated rings. The van der Waals surface area contributed by atoms with Crippen LogP contribution in [0.2, 0.25) is 0 Å².